The SMILES string of the molecule is CCC(CC)(CNC(=O)Cn1c(CS(C)(=O)=O)nc2ccccc21)c1ccc(Cl)cc1. The molecule has 1 N–H and O–H groups in total. The molecule has 0 aliphatic heterocycles. The van der Waals surface area contributed by atoms with Crippen LogP contribution in [0.25, 0.3) is 11.0 Å². The van der Waals surface area contributed by atoms with E-state index in [-0.39, 0.29) is 23.6 Å². The summed E-state index contributed by atoms with van der Waals surface area (Å²) in [6.45, 7) is 4.71. The molecule has 0 atom stereocenters. The van der Waals surface area contributed by atoms with E-state index in [1.807, 2.05) is 48.5 Å². The topological polar surface area (TPSA) is 81.1 Å². The Morgan fingerprint density at radius 3 is 2.35 bits per heavy atom. The molecule has 3 aromatic rings. The Kier molecular flexibility index (Phi) is 7.06. The van der Waals surface area contributed by atoms with E-state index in [9.17, 15) is 13.2 Å². The maximum absolute atomic E-state index is 12.9. The fourth-order valence-electron chi connectivity index (χ4n) is 3.93. The van der Waals surface area contributed by atoms with Gasteiger partial charge in [0.25, 0.3) is 0 Å². The molecule has 0 aliphatic carbocycles. The standard InChI is InChI=1S/C23H28ClN3O3S/c1-4-23(5-2,17-10-12-18(24)13-11-17)16-25-22(28)14-27-20-9-7-6-8-19(20)26-21(27)15-31(3,29)30/h6-13H,4-5,14-16H2,1-3H3,(H,25,28). The molecule has 0 radical (unpaired) electrons. The normalized spacial score (nSPS) is 12.3. The van der Waals surface area contributed by atoms with E-state index in [1.165, 1.54) is 6.26 Å². The zero-order chi connectivity index (χ0) is 22.6. The lowest BCUT2D eigenvalue weighted by atomic mass is 9.76. The van der Waals surface area contributed by atoms with Gasteiger partial charge in [-0.3, -0.25) is 4.79 Å². The molecule has 6 nitrogen and oxygen atoms in total. The zero-order valence-corrected chi connectivity index (χ0v) is 19.6. The van der Waals surface area contributed by atoms with E-state index in [1.54, 1.807) is 4.57 Å². The van der Waals surface area contributed by atoms with E-state index >= 15 is 0 Å². The summed E-state index contributed by atoms with van der Waals surface area (Å²) >= 11 is 6.04. The Balaban J connectivity index is 1.82. The van der Waals surface area contributed by atoms with Crippen LogP contribution in [-0.2, 0) is 32.3 Å². The summed E-state index contributed by atoms with van der Waals surface area (Å²) in [5.74, 6) is -0.0277. The first kappa shape index (κ1) is 23.3. The van der Waals surface area contributed by atoms with Crippen molar-refractivity contribution in [2.45, 2.75) is 44.4 Å². The van der Waals surface area contributed by atoms with Gasteiger partial charge in [-0.15, -0.1) is 0 Å². The third-order valence-electron chi connectivity index (χ3n) is 5.86. The summed E-state index contributed by atoms with van der Waals surface area (Å²) in [6.07, 6.45) is 2.89. The van der Waals surface area contributed by atoms with Gasteiger partial charge in [0.05, 0.1) is 11.0 Å². The maximum Gasteiger partial charge on any atom is 0.240 e. The first-order chi connectivity index (χ1) is 14.7. The van der Waals surface area contributed by atoms with Crippen molar-refractivity contribution in [1.82, 2.24) is 14.9 Å². The minimum atomic E-state index is -3.29. The summed E-state index contributed by atoms with van der Waals surface area (Å²) in [5, 5.41) is 3.74. The fraction of sp³-hybridized carbons (Fsp3) is 0.391. The Morgan fingerprint density at radius 1 is 1.10 bits per heavy atom. The average molecular weight is 462 g/mol. The molecule has 0 saturated heterocycles. The molecule has 8 heteroatoms. The van der Waals surface area contributed by atoms with Crippen LogP contribution in [0.1, 0.15) is 38.1 Å². The second-order valence-corrected chi connectivity index (χ2v) is 10.5. The first-order valence-corrected chi connectivity index (χ1v) is 12.8. The van der Waals surface area contributed by atoms with Crippen LogP contribution in [0.4, 0.5) is 0 Å². The van der Waals surface area contributed by atoms with Crippen molar-refractivity contribution in [1.29, 1.82) is 0 Å². The lowest BCUT2D eigenvalue weighted by Crippen LogP contribution is -2.41. The van der Waals surface area contributed by atoms with E-state index in [0.29, 0.717) is 22.9 Å². The van der Waals surface area contributed by atoms with E-state index < -0.39 is 9.84 Å². The molecule has 2 aromatic carbocycles. The molecule has 0 saturated carbocycles. The minimum Gasteiger partial charge on any atom is -0.354 e. The highest BCUT2D eigenvalue weighted by Gasteiger charge is 2.29. The van der Waals surface area contributed by atoms with Gasteiger partial charge in [0.1, 0.15) is 18.1 Å². The number of benzene rings is 2. The van der Waals surface area contributed by atoms with Crippen LogP contribution < -0.4 is 5.32 Å². The zero-order valence-electron chi connectivity index (χ0n) is 18.1. The van der Waals surface area contributed by atoms with E-state index in [2.05, 4.69) is 24.1 Å². The second-order valence-electron chi connectivity index (χ2n) is 7.94. The van der Waals surface area contributed by atoms with Crippen molar-refractivity contribution in [2.24, 2.45) is 0 Å². The predicted octanol–water partition coefficient (Wildman–Crippen LogP) is 4.11. The number of imidazole rings is 1. The molecule has 1 aromatic heterocycles. The van der Waals surface area contributed by atoms with Gasteiger partial charge in [-0.05, 0) is 42.7 Å². The van der Waals surface area contributed by atoms with Crippen LogP contribution in [-0.4, -0.2) is 36.7 Å². The number of aromatic nitrogens is 2. The highest BCUT2D eigenvalue weighted by atomic mass is 35.5. The van der Waals surface area contributed by atoms with Crippen molar-refractivity contribution in [3.8, 4) is 0 Å². The molecule has 1 amide bonds. The van der Waals surface area contributed by atoms with E-state index in [0.717, 1.165) is 23.9 Å². The Labute approximate surface area is 188 Å². The number of carbonyl (C=O) groups excluding carboxylic acids is 1. The lowest BCUT2D eigenvalue weighted by Gasteiger charge is -2.33. The van der Waals surface area contributed by atoms with Crippen molar-refractivity contribution >= 4 is 38.4 Å². The quantitative estimate of drug-likeness (QED) is 0.520. The van der Waals surface area contributed by atoms with Gasteiger partial charge < -0.3 is 9.88 Å². The second kappa shape index (κ2) is 9.40. The number of nitrogens with one attached hydrogen (secondary N) is 1. The summed E-state index contributed by atoms with van der Waals surface area (Å²) < 4.78 is 25.4. The van der Waals surface area contributed by atoms with Crippen LogP contribution in [0.3, 0.4) is 0 Å². The number of halogens is 1. The molecule has 0 bridgehead atoms. The van der Waals surface area contributed by atoms with Gasteiger partial charge in [-0.2, -0.15) is 0 Å². The average Bonchev–Trinajstić information content (AvgIpc) is 3.05. The number of rotatable bonds is 9. The Morgan fingerprint density at radius 2 is 1.74 bits per heavy atom. The minimum absolute atomic E-state index is 0.00942. The van der Waals surface area contributed by atoms with Crippen molar-refractivity contribution < 1.29 is 13.2 Å². The highest BCUT2D eigenvalue weighted by molar-refractivity contribution is 7.89. The van der Waals surface area contributed by atoms with Gasteiger partial charge >= 0.3 is 0 Å². The highest BCUT2D eigenvalue weighted by Crippen LogP contribution is 2.32. The number of para-hydroxylation sites is 2. The monoisotopic (exact) mass is 461 g/mol. The van der Waals surface area contributed by atoms with Crippen LogP contribution in [0.2, 0.25) is 5.02 Å². The van der Waals surface area contributed by atoms with E-state index in [4.69, 9.17) is 11.6 Å². The van der Waals surface area contributed by atoms with Gasteiger partial charge in [0.2, 0.25) is 5.91 Å². The third-order valence-corrected chi connectivity index (χ3v) is 6.90. The van der Waals surface area contributed by atoms with Gasteiger partial charge in [-0.25, -0.2) is 13.4 Å². The van der Waals surface area contributed by atoms with Crippen molar-refractivity contribution in [2.75, 3.05) is 12.8 Å². The van der Waals surface area contributed by atoms with Gasteiger partial charge in [0.15, 0.2) is 9.84 Å². The van der Waals surface area contributed by atoms with Crippen molar-refractivity contribution in [3.05, 3.63) is 64.9 Å². The molecular formula is C23H28ClN3O3S. The predicted molar refractivity (Wildman–Crippen MR) is 125 cm³/mol. The number of carbonyl (C=O) groups is 1. The van der Waals surface area contributed by atoms with Crippen LogP contribution in [0.15, 0.2) is 48.5 Å². The van der Waals surface area contributed by atoms with Crippen LogP contribution in [0, 0.1) is 0 Å². The molecule has 0 fully saturated rings. The molecule has 31 heavy (non-hydrogen) atoms. The first-order valence-electron chi connectivity index (χ1n) is 10.3. The summed E-state index contributed by atoms with van der Waals surface area (Å²) in [7, 11) is -3.29. The summed E-state index contributed by atoms with van der Waals surface area (Å²) in [5.41, 5.74) is 2.35. The van der Waals surface area contributed by atoms with Crippen LogP contribution in [0.5, 0.6) is 0 Å². The van der Waals surface area contributed by atoms with Crippen LogP contribution >= 0.6 is 11.6 Å². The van der Waals surface area contributed by atoms with Gasteiger partial charge in [-0.1, -0.05) is 49.7 Å². The van der Waals surface area contributed by atoms with Crippen molar-refractivity contribution in [3.63, 3.8) is 0 Å². The largest absolute Gasteiger partial charge is 0.354 e. The Hall–Kier alpha value is -2.38. The number of amides is 1. The summed E-state index contributed by atoms with van der Waals surface area (Å²) in [6, 6.07) is 15.1. The Bertz CT molecular complexity index is 1170. The fourth-order valence-corrected chi connectivity index (χ4v) is 4.74. The number of fused-ring (bicyclic) bond motifs is 1. The molecule has 1 heterocycles. The maximum atomic E-state index is 12.9. The molecule has 3 rings (SSSR count). The number of nitrogens with zero attached hydrogens (tertiary/aromatic N) is 2. The van der Waals surface area contributed by atoms with Gasteiger partial charge in [0, 0.05) is 23.2 Å². The smallest absolute Gasteiger partial charge is 0.240 e. The molecule has 0 unspecified atom stereocenters. The third kappa shape index (κ3) is 5.46. The number of hydrogen-bond donors (Lipinski definition) is 1. The lowest BCUT2D eigenvalue weighted by molar-refractivity contribution is -0.121. The summed E-state index contributed by atoms with van der Waals surface area (Å²) in [4.78, 5) is 17.3. The molecule has 166 valence electrons. The number of sulfone groups is 1. The molecule has 0 aliphatic rings. The number of hydrogen-bond acceptors (Lipinski definition) is 4. The molecular weight excluding hydrogens is 434 g/mol. The molecule has 0 spiro atoms.